The van der Waals surface area contributed by atoms with E-state index < -0.39 is 0 Å². The molecule has 0 saturated heterocycles. The number of hydrogen-bond donors (Lipinski definition) is 1. The highest BCUT2D eigenvalue weighted by molar-refractivity contribution is 6.24. The second-order valence-electron chi connectivity index (χ2n) is 5.74. The minimum atomic E-state index is -0.338. The van der Waals surface area contributed by atoms with Gasteiger partial charge in [0, 0.05) is 7.11 Å². The van der Waals surface area contributed by atoms with Crippen molar-refractivity contribution in [2.75, 3.05) is 21.3 Å². The summed E-state index contributed by atoms with van der Waals surface area (Å²) in [4.78, 5) is 24.5. The molecule has 1 aliphatic carbocycles. The van der Waals surface area contributed by atoms with Gasteiger partial charge in [0.2, 0.25) is 5.43 Å². The molecule has 1 aliphatic rings. The quantitative estimate of drug-likeness (QED) is 0.603. The van der Waals surface area contributed by atoms with Gasteiger partial charge in [-0.25, -0.2) is 0 Å². The van der Waals surface area contributed by atoms with Crippen molar-refractivity contribution in [3.05, 3.63) is 62.5 Å². The molecular weight excluding hydrogens is 384 g/mol. The number of aliphatic hydroxyl groups excluding tert-OH is 1. The molecule has 0 spiro atoms. The van der Waals surface area contributed by atoms with Gasteiger partial charge in [-0.3, -0.25) is 9.59 Å². The van der Waals surface area contributed by atoms with E-state index in [4.69, 9.17) is 30.6 Å². The minimum Gasteiger partial charge on any atom is -0.493 e. The maximum atomic E-state index is 13.0. The smallest absolute Gasteiger partial charge is 0.200 e. The van der Waals surface area contributed by atoms with Gasteiger partial charge in [-0.2, -0.15) is 0 Å². The molecule has 0 saturated carbocycles. The Bertz CT molecular complexity index is 1070. The molecule has 0 amide bonds. The number of halogens is 1. The minimum absolute atomic E-state index is 0.0637. The maximum absolute atomic E-state index is 13.0. The first-order valence-corrected chi connectivity index (χ1v) is 8.78. The molecule has 2 aromatic rings. The molecule has 0 bridgehead atoms. The van der Waals surface area contributed by atoms with E-state index in [2.05, 4.69) is 6.58 Å². The zero-order valence-electron chi connectivity index (χ0n) is 15.8. The Morgan fingerprint density at radius 1 is 1.29 bits per heavy atom. The summed E-state index contributed by atoms with van der Waals surface area (Å²) in [6.07, 6.45) is 4.41. The molecule has 1 heterocycles. The van der Waals surface area contributed by atoms with E-state index in [1.54, 1.807) is 30.4 Å². The fourth-order valence-corrected chi connectivity index (χ4v) is 3.11. The zero-order chi connectivity index (χ0) is 20.8. The summed E-state index contributed by atoms with van der Waals surface area (Å²) in [6, 6.07) is 5.13. The van der Waals surface area contributed by atoms with Crippen LogP contribution in [0.4, 0.5) is 0 Å². The van der Waals surface area contributed by atoms with Crippen molar-refractivity contribution in [2.24, 2.45) is 0 Å². The highest BCUT2D eigenvalue weighted by Gasteiger charge is 2.19. The standard InChI is InChI=1S/C20H17ClO5.CH4O/c1-11(12-4-6-16(24-2)17(8-12)25-3)19-18(10-22)26-15-7-5-13(21)9-14(15)20(19)23;1-2/h4,6-10,13H,1,5H2,2-3H3;2H,1H3. The molecule has 0 radical (unpaired) electrons. The van der Waals surface area contributed by atoms with E-state index in [9.17, 15) is 9.59 Å². The maximum Gasteiger partial charge on any atom is 0.200 e. The summed E-state index contributed by atoms with van der Waals surface area (Å²) >= 11 is 6.12. The first kappa shape index (κ1) is 21.5. The number of carbonyl (C=O) groups is 1. The van der Waals surface area contributed by atoms with Crippen molar-refractivity contribution in [3.63, 3.8) is 0 Å². The predicted molar refractivity (Wildman–Crippen MR) is 109 cm³/mol. The topological polar surface area (TPSA) is 86.0 Å². The van der Waals surface area contributed by atoms with E-state index in [1.807, 2.05) is 0 Å². The summed E-state index contributed by atoms with van der Waals surface area (Å²) in [5.74, 6) is 0.970. The van der Waals surface area contributed by atoms with Crippen molar-refractivity contribution >= 4 is 35.6 Å². The van der Waals surface area contributed by atoms with Gasteiger partial charge in [0.25, 0.3) is 0 Å². The molecule has 3 rings (SSSR count). The second kappa shape index (κ2) is 9.39. The molecule has 0 aliphatic heterocycles. The van der Waals surface area contributed by atoms with Crippen molar-refractivity contribution < 1.29 is 23.8 Å². The molecule has 6 nitrogen and oxygen atoms in total. The molecule has 1 N–H and O–H groups in total. The third-order valence-electron chi connectivity index (χ3n) is 4.22. The normalized spacial score (nSPS) is 14.4. The molecule has 1 aromatic carbocycles. The van der Waals surface area contributed by atoms with Crippen molar-refractivity contribution in [1.82, 2.24) is 0 Å². The van der Waals surface area contributed by atoms with Gasteiger partial charge >= 0.3 is 0 Å². The Morgan fingerprint density at radius 3 is 2.57 bits per heavy atom. The number of rotatable bonds is 5. The van der Waals surface area contributed by atoms with Crippen LogP contribution < -0.4 is 25.5 Å². The van der Waals surface area contributed by atoms with E-state index in [0.717, 1.165) is 7.11 Å². The number of ether oxygens (including phenoxy) is 2. The number of fused-ring (bicyclic) bond motifs is 1. The average Bonchev–Trinajstić information content (AvgIpc) is 2.74. The van der Waals surface area contributed by atoms with Crippen molar-refractivity contribution in [1.29, 1.82) is 0 Å². The average molecular weight is 405 g/mol. The largest absolute Gasteiger partial charge is 0.493 e. The van der Waals surface area contributed by atoms with Gasteiger partial charge in [0.15, 0.2) is 23.5 Å². The van der Waals surface area contributed by atoms with Gasteiger partial charge in [-0.05, 0) is 35.8 Å². The summed E-state index contributed by atoms with van der Waals surface area (Å²) in [5, 5.41) is 7.05. The lowest BCUT2D eigenvalue weighted by Gasteiger charge is -2.13. The number of hydrogen-bond acceptors (Lipinski definition) is 6. The molecule has 1 atom stereocenters. The van der Waals surface area contributed by atoms with Crippen LogP contribution in [-0.4, -0.2) is 38.1 Å². The molecule has 1 aromatic heterocycles. The van der Waals surface area contributed by atoms with Crippen molar-refractivity contribution in [2.45, 2.75) is 11.8 Å². The van der Waals surface area contributed by atoms with Crippen LogP contribution in [0, 0.1) is 0 Å². The number of carbonyl (C=O) groups excluding carboxylic acids is 1. The van der Waals surface area contributed by atoms with Gasteiger partial charge in [0.1, 0.15) is 5.42 Å². The Balaban J connectivity index is 0.00000136. The van der Waals surface area contributed by atoms with Gasteiger partial charge in [-0.1, -0.05) is 18.7 Å². The Labute approximate surface area is 167 Å². The fraction of sp³-hybridized carbons (Fsp3) is 0.238. The van der Waals surface area contributed by atoms with E-state index >= 15 is 0 Å². The Hall–Kier alpha value is -2.83. The lowest BCUT2D eigenvalue weighted by atomic mass is 9.97. The highest BCUT2D eigenvalue weighted by Crippen LogP contribution is 2.31. The number of methoxy groups -OCH3 is 2. The van der Waals surface area contributed by atoms with Crippen LogP contribution >= 0.6 is 11.6 Å². The lowest BCUT2D eigenvalue weighted by molar-refractivity contribution is 0.109. The fourth-order valence-electron chi connectivity index (χ4n) is 2.90. The van der Waals surface area contributed by atoms with E-state index in [0.29, 0.717) is 46.0 Å². The first-order valence-electron chi connectivity index (χ1n) is 8.35. The number of alkyl halides is 1. The Kier molecular flexibility index (Phi) is 7.20. The summed E-state index contributed by atoms with van der Waals surface area (Å²) in [5.41, 5.74) is 1.10. The first-order chi connectivity index (χ1) is 13.5. The second-order valence-corrected chi connectivity index (χ2v) is 6.30. The summed E-state index contributed by atoms with van der Waals surface area (Å²) in [6.45, 7) is 3.99. The molecular formula is C21H21ClO6. The van der Waals surface area contributed by atoms with Crippen LogP contribution in [0.2, 0.25) is 0 Å². The van der Waals surface area contributed by atoms with Crippen LogP contribution in [0.3, 0.4) is 0 Å². The van der Waals surface area contributed by atoms with Gasteiger partial charge < -0.3 is 19.0 Å². The summed E-state index contributed by atoms with van der Waals surface area (Å²) < 4.78 is 16.1. The zero-order valence-corrected chi connectivity index (χ0v) is 16.6. The van der Waals surface area contributed by atoms with Crippen molar-refractivity contribution in [3.8, 4) is 11.5 Å². The van der Waals surface area contributed by atoms with Crippen LogP contribution in [0.15, 0.2) is 34.0 Å². The third kappa shape index (κ3) is 4.03. The number of aliphatic hydroxyl groups is 1. The molecule has 1 unspecified atom stereocenters. The summed E-state index contributed by atoms with van der Waals surface area (Å²) in [7, 11) is 4.05. The number of benzene rings is 1. The highest BCUT2D eigenvalue weighted by atomic mass is 35.5. The Morgan fingerprint density at radius 2 is 1.96 bits per heavy atom. The molecule has 148 valence electrons. The van der Waals surface area contributed by atoms with E-state index in [1.165, 1.54) is 14.2 Å². The van der Waals surface area contributed by atoms with Crippen LogP contribution in [0.1, 0.15) is 28.1 Å². The molecule has 0 fully saturated rings. The van der Waals surface area contributed by atoms with E-state index in [-0.39, 0.29) is 22.1 Å². The van der Waals surface area contributed by atoms with Gasteiger partial charge in [-0.15, -0.1) is 11.6 Å². The van der Waals surface area contributed by atoms with Crippen LogP contribution in [0.25, 0.3) is 17.7 Å². The monoisotopic (exact) mass is 404 g/mol. The molecule has 7 heteroatoms. The predicted octanol–water partition coefficient (Wildman–Crippen LogP) is 1.71. The van der Waals surface area contributed by atoms with Gasteiger partial charge in [0.05, 0.1) is 30.4 Å². The van der Waals surface area contributed by atoms with Crippen LogP contribution in [-0.2, 0) is 0 Å². The number of aldehydes is 1. The molecule has 28 heavy (non-hydrogen) atoms. The third-order valence-corrected chi connectivity index (χ3v) is 4.52. The SMILES string of the molecule is C=C(c1ccc(OC)c(OC)c1)c1c(C=O)oc2c(c1=O)=CC(Cl)CC=2.CO. The lowest BCUT2D eigenvalue weighted by Crippen LogP contribution is -2.44. The van der Waals surface area contributed by atoms with Crippen LogP contribution in [0.5, 0.6) is 11.5 Å².